The van der Waals surface area contributed by atoms with Crippen LogP contribution >= 0.6 is 0 Å². The molecule has 2 rings (SSSR count). The van der Waals surface area contributed by atoms with Gasteiger partial charge >= 0.3 is 0 Å². The smallest absolute Gasteiger partial charge is 0.105 e. The van der Waals surface area contributed by atoms with Gasteiger partial charge in [0.2, 0.25) is 0 Å². The first-order chi connectivity index (χ1) is 7.16. The topological polar surface area (TPSA) is 34.4 Å². The molecule has 2 unspecified atom stereocenters. The van der Waals surface area contributed by atoms with E-state index in [2.05, 4.69) is 18.3 Å². The molecule has 15 heavy (non-hydrogen) atoms. The van der Waals surface area contributed by atoms with E-state index in [1.54, 1.807) is 0 Å². The Labute approximate surface area is 90.8 Å². The van der Waals surface area contributed by atoms with Crippen LogP contribution in [-0.2, 0) is 11.3 Å². The normalized spacial score (nSPS) is 26.1. The molecule has 1 aliphatic heterocycles. The molecule has 1 aromatic heterocycles. The van der Waals surface area contributed by atoms with Crippen molar-refractivity contribution in [3.63, 3.8) is 0 Å². The number of furan rings is 1. The SMILES string of the molecule is Cc1cc(CNC2CCOC2C)c(C)o1. The van der Waals surface area contributed by atoms with Crippen molar-refractivity contribution < 1.29 is 9.15 Å². The standard InChI is InChI=1S/C12H19NO2/c1-8-6-11(9(2)15-8)7-13-12-4-5-14-10(12)3/h6,10,12-13H,4-5,7H2,1-3H3. The Bertz CT molecular complexity index is 332. The molecular weight excluding hydrogens is 190 g/mol. The highest BCUT2D eigenvalue weighted by Crippen LogP contribution is 2.16. The predicted octanol–water partition coefficient (Wildman–Crippen LogP) is 2.16. The van der Waals surface area contributed by atoms with Crippen molar-refractivity contribution in [1.29, 1.82) is 0 Å². The van der Waals surface area contributed by atoms with Gasteiger partial charge in [0, 0.05) is 24.8 Å². The molecule has 2 atom stereocenters. The Morgan fingerprint density at radius 3 is 2.80 bits per heavy atom. The number of rotatable bonds is 3. The van der Waals surface area contributed by atoms with Crippen LogP contribution < -0.4 is 5.32 Å². The van der Waals surface area contributed by atoms with Gasteiger partial charge in [0.05, 0.1) is 6.10 Å². The summed E-state index contributed by atoms with van der Waals surface area (Å²) >= 11 is 0. The van der Waals surface area contributed by atoms with E-state index in [0.29, 0.717) is 12.1 Å². The molecule has 0 aliphatic carbocycles. The summed E-state index contributed by atoms with van der Waals surface area (Å²) in [5.41, 5.74) is 1.26. The second-order valence-corrected chi connectivity index (χ2v) is 4.29. The molecule has 0 spiro atoms. The minimum Gasteiger partial charge on any atom is -0.466 e. The Morgan fingerprint density at radius 2 is 2.27 bits per heavy atom. The van der Waals surface area contributed by atoms with Gasteiger partial charge < -0.3 is 14.5 Å². The molecule has 1 saturated heterocycles. The molecule has 84 valence electrons. The van der Waals surface area contributed by atoms with E-state index in [4.69, 9.17) is 9.15 Å². The first-order valence-corrected chi connectivity index (χ1v) is 5.57. The molecule has 0 radical (unpaired) electrons. The van der Waals surface area contributed by atoms with Crippen LogP contribution in [0.5, 0.6) is 0 Å². The minimum absolute atomic E-state index is 0.332. The summed E-state index contributed by atoms with van der Waals surface area (Å²) in [5, 5.41) is 3.52. The third-order valence-corrected chi connectivity index (χ3v) is 3.07. The Balaban J connectivity index is 1.90. The lowest BCUT2D eigenvalue weighted by Crippen LogP contribution is -2.34. The van der Waals surface area contributed by atoms with Crippen LogP contribution in [0, 0.1) is 13.8 Å². The van der Waals surface area contributed by atoms with E-state index in [0.717, 1.165) is 31.1 Å². The zero-order valence-corrected chi connectivity index (χ0v) is 9.67. The monoisotopic (exact) mass is 209 g/mol. The summed E-state index contributed by atoms with van der Waals surface area (Å²) in [5.74, 6) is 2.01. The molecule has 1 aliphatic rings. The van der Waals surface area contributed by atoms with Crippen LogP contribution in [-0.4, -0.2) is 18.8 Å². The molecule has 0 bridgehead atoms. The fraction of sp³-hybridized carbons (Fsp3) is 0.667. The van der Waals surface area contributed by atoms with Crippen molar-refractivity contribution >= 4 is 0 Å². The lowest BCUT2D eigenvalue weighted by atomic mass is 10.1. The third kappa shape index (κ3) is 2.41. The fourth-order valence-corrected chi connectivity index (χ4v) is 2.10. The summed E-state index contributed by atoms with van der Waals surface area (Å²) in [6, 6.07) is 2.59. The maximum atomic E-state index is 5.50. The van der Waals surface area contributed by atoms with Gasteiger partial charge in [0.1, 0.15) is 11.5 Å². The Morgan fingerprint density at radius 1 is 1.47 bits per heavy atom. The van der Waals surface area contributed by atoms with Crippen molar-refractivity contribution in [2.45, 2.75) is 45.9 Å². The maximum Gasteiger partial charge on any atom is 0.105 e. The fourth-order valence-electron chi connectivity index (χ4n) is 2.10. The largest absolute Gasteiger partial charge is 0.466 e. The summed E-state index contributed by atoms with van der Waals surface area (Å²) in [7, 11) is 0. The molecule has 1 N–H and O–H groups in total. The van der Waals surface area contributed by atoms with Crippen molar-refractivity contribution in [3.05, 3.63) is 23.2 Å². The second kappa shape index (κ2) is 4.37. The highest BCUT2D eigenvalue weighted by atomic mass is 16.5. The molecule has 0 amide bonds. The minimum atomic E-state index is 0.332. The van der Waals surface area contributed by atoms with Crippen molar-refractivity contribution in [2.24, 2.45) is 0 Å². The van der Waals surface area contributed by atoms with Gasteiger partial charge in [-0.25, -0.2) is 0 Å². The molecule has 1 aromatic rings. The average molecular weight is 209 g/mol. The molecule has 3 nitrogen and oxygen atoms in total. The van der Waals surface area contributed by atoms with Gasteiger partial charge in [-0.2, -0.15) is 0 Å². The number of aryl methyl sites for hydroxylation is 2. The number of ether oxygens (including phenoxy) is 1. The third-order valence-electron chi connectivity index (χ3n) is 3.07. The van der Waals surface area contributed by atoms with E-state index in [1.807, 2.05) is 13.8 Å². The molecule has 2 heterocycles. The van der Waals surface area contributed by atoms with Gasteiger partial charge in [-0.15, -0.1) is 0 Å². The number of hydrogen-bond donors (Lipinski definition) is 1. The first kappa shape index (κ1) is 10.7. The lowest BCUT2D eigenvalue weighted by molar-refractivity contribution is 0.113. The van der Waals surface area contributed by atoms with Crippen molar-refractivity contribution in [3.8, 4) is 0 Å². The predicted molar refractivity (Wildman–Crippen MR) is 58.8 cm³/mol. The molecule has 0 saturated carbocycles. The zero-order chi connectivity index (χ0) is 10.8. The maximum absolute atomic E-state index is 5.50. The number of hydrogen-bond acceptors (Lipinski definition) is 3. The molecule has 1 fully saturated rings. The van der Waals surface area contributed by atoms with Crippen LogP contribution in [0.15, 0.2) is 10.5 Å². The second-order valence-electron chi connectivity index (χ2n) is 4.29. The summed E-state index contributed by atoms with van der Waals surface area (Å²) in [6.07, 6.45) is 1.44. The quantitative estimate of drug-likeness (QED) is 0.828. The van der Waals surface area contributed by atoms with Gasteiger partial charge in [-0.1, -0.05) is 0 Å². The Kier molecular flexibility index (Phi) is 3.12. The van der Waals surface area contributed by atoms with Crippen LogP contribution in [0.4, 0.5) is 0 Å². The van der Waals surface area contributed by atoms with E-state index in [9.17, 15) is 0 Å². The van der Waals surface area contributed by atoms with Gasteiger partial charge in [0.15, 0.2) is 0 Å². The van der Waals surface area contributed by atoms with E-state index in [-0.39, 0.29) is 0 Å². The molecule has 0 aromatic carbocycles. The first-order valence-electron chi connectivity index (χ1n) is 5.57. The van der Waals surface area contributed by atoms with Gasteiger partial charge in [-0.05, 0) is 33.3 Å². The zero-order valence-electron chi connectivity index (χ0n) is 9.67. The van der Waals surface area contributed by atoms with Crippen LogP contribution in [0.25, 0.3) is 0 Å². The van der Waals surface area contributed by atoms with Crippen LogP contribution in [0.1, 0.15) is 30.4 Å². The van der Waals surface area contributed by atoms with Crippen molar-refractivity contribution in [2.75, 3.05) is 6.61 Å². The van der Waals surface area contributed by atoms with Gasteiger partial charge in [-0.3, -0.25) is 0 Å². The summed E-state index contributed by atoms with van der Waals surface area (Å²) < 4.78 is 11.0. The van der Waals surface area contributed by atoms with Crippen molar-refractivity contribution in [1.82, 2.24) is 5.32 Å². The lowest BCUT2D eigenvalue weighted by Gasteiger charge is -2.15. The summed E-state index contributed by atoms with van der Waals surface area (Å²) in [4.78, 5) is 0. The highest BCUT2D eigenvalue weighted by molar-refractivity contribution is 5.19. The molecular formula is C12H19NO2. The summed E-state index contributed by atoms with van der Waals surface area (Å²) in [6.45, 7) is 7.87. The Hall–Kier alpha value is -0.800. The average Bonchev–Trinajstić information content (AvgIpc) is 2.70. The van der Waals surface area contributed by atoms with Crippen LogP contribution in [0.3, 0.4) is 0 Å². The van der Waals surface area contributed by atoms with Crippen LogP contribution in [0.2, 0.25) is 0 Å². The van der Waals surface area contributed by atoms with E-state index < -0.39 is 0 Å². The molecule has 3 heteroatoms. The van der Waals surface area contributed by atoms with E-state index in [1.165, 1.54) is 5.56 Å². The van der Waals surface area contributed by atoms with Gasteiger partial charge in [0.25, 0.3) is 0 Å². The van der Waals surface area contributed by atoms with E-state index >= 15 is 0 Å². The number of nitrogens with one attached hydrogen (secondary N) is 1. The highest BCUT2D eigenvalue weighted by Gasteiger charge is 2.23.